The zero-order chi connectivity index (χ0) is 18.4. The maximum atomic E-state index is 12.1. The molecule has 0 saturated carbocycles. The average Bonchev–Trinajstić information content (AvgIpc) is 2.98. The fourth-order valence-electron chi connectivity index (χ4n) is 2.76. The van der Waals surface area contributed by atoms with Crippen molar-refractivity contribution in [3.63, 3.8) is 0 Å². The fourth-order valence-corrected chi connectivity index (χ4v) is 3.46. The van der Waals surface area contributed by atoms with Crippen molar-refractivity contribution in [2.75, 3.05) is 6.54 Å². The average molecular weight is 361 g/mol. The monoisotopic (exact) mass is 360 g/mol. The molecular weight excluding hydrogens is 332 g/mol. The van der Waals surface area contributed by atoms with Crippen LogP contribution in [-0.2, 0) is 17.9 Å². The first-order chi connectivity index (χ1) is 11.9. The molecular formula is C20H28N2O2S. The minimum absolute atomic E-state index is 0.176. The van der Waals surface area contributed by atoms with Crippen LogP contribution in [0.15, 0.2) is 23.6 Å². The Morgan fingerprint density at radius 3 is 2.52 bits per heavy atom. The van der Waals surface area contributed by atoms with E-state index in [1.807, 2.05) is 29.3 Å². The summed E-state index contributed by atoms with van der Waals surface area (Å²) in [6, 6.07) is 6.19. The van der Waals surface area contributed by atoms with Gasteiger partial charge in [-0.25, -0.2) is 4.98 Å². The number of aryl methyl sites for hydroxylation is 2. The number of rotatable bonds is 8. The molecule has 0 bridgehead atoms. The normalized spacial score (nSPS) is 11.0. The Morgan fingerprint density at radius 1 is 1.24 bits per heavy atom. The molecule has 5 heteroatoms. The van der Waals surface area contributed by atoms with Gasteiger partial charge in [-0.15, -0.1) is 11.3 Å². The van der Waals surface area contributed by atoms with Crippen LogP contribution in [-0.4, -0.2) is 22.3 Å². The van der Waals surface area contributed by atoms with E-state index in [0.717, 1.165) is 23.0 Å². The lowest BCUT2D eigenvalue weighted by atomic mass is 10.1. The van der Waals surface area contributed by atoms with Gasteiger partial charge in [0.2, 0.25) is 5.91 Å². The molecule has 0 aliphatic rings. The van der Waals surface area contributed by atoms with Crippen LogP contribution >= 0.6 is 11.3 Å². The van der Waals surface area contributed by atoms with Crippen LogP contribution in [0, 0.1) is 19.8 Å². The van der Waals surface area contributed by atoms with Gasteiger partial charge < -0.3 is 9.64 Å². The third-order valence-corrected chi connectivity index (χ3v) is 4.62. The van der Waals surface area contributed by atoms with Gasteiger partial charge in [0.25, 0.3) is 0 Å². The highest BCUT2D eigenvalue weighted by Gasteiger charge is 2.15. The molecule has 2 rings (SSSR count). The molecule has 1 amide bonds. The van der Waals surface area contributed by atoms with E-state index in [4.69, 9.17) is 4.74 Å². The van der Waals surface area contributed by atoms with Gasteiger partial charge in [0.15, 0.2) is 0 Å². The van der Waals surface area contributed by atoms with Gasteiger partial charge >= 0.3 is 0 Å². The molecule has 0 radical (unpaired) electrons. The third-order valence-electron chi connectivity index (χ3n) is 3.75. The number of amides is 1. The summed E-state index contributed by atoms with van der Waals surface area (Å²) in [7, 11) is 0. The molecule has 136 valence electrons. The highest BCUT2D eigenvalue weighted by Crippen LogP contribution is 2.19. The summed E-state index contributed by atoms with van der Waals surface area (Å²) in [4.78, 5) is 18.6. The topological polar surface area (TPSA) is 42.4 Å². The quantitative estimate of drug-likeness (QED) is 0.683. The van der Waals surface area contributed by atoms with Crippen LogP contribution in [0.4, 0.5) is 0 Å². The SMILES string of the molecule is CCC(=O)N(Cc1csc(COc2cc(C)cc(C)c2)n1)CC(C)C. The van der Waals surface area contributed by atoms with E-state index in [1.165, 1.54) is 11.1 Å². The predicted molar refractivity (Wildman–Crippen MR) is 103 cm³/mol. The van der Waals surface area contributed by atoms with Gasteiger partial charge in [-0.2, -0.15) is 0 Å². The van der Waals surface area contributed by atoms with Crippen molar-refractivity contribution in [1.29, 1.82) is 0 Å². The first kappa shape index (κ1) is 19.4. The Bertz CT molecular complexity index is 689. The summed E-state index contributed by atoms with van der Waals surface area (Å²) >= 11 is 1.58. The second kappa shape index (κ2) is 8.99. The van der Waals surface area contributed by atoms with Crippen LogP contribution in [0.3, 0.4) is 0 Å². The van der Waals surface area contributed by atoms with E-state index in [0.29, 0.717) is 25.5 Å². The number of aromatic nitrogens is 1. The summed E-state index contributed by atoms with van der Waals surface area (Å²) < 4.78 is 5.87. The minimum Gasteiger partial charge on any atom is -0.486 e. The van der Waals surface area contributed by atoms with Crippen molar-refractivity contribution in [2.45, 2.75) is 54.2 Å². The number of benzene rings is 1. The van der Waals surface area contributed by atoms with Gasteiger partial charge in [-0.05, 0) is 43.0 Å². The summed E-state index contributed by atoms with van der Waals surface area (Å²) in [5.74, 6) is 1.49. The highest BCUT2D eigenvalue weighted by atomic mass is 32.1. The number of carbonyl (C=O) groups is 1. The molecule has 1 aromatic carbocycles. The Kier molecular flexibility index (Phi) is 7.00. The van der Waals surface area contributed by atoms with E-state index in [1.54, 1.807) is 11.3 Å². The van der Waals surface area contributed by atoms with Crippen molar-refractivity contribution in [1.82, 2.24) is 9.88 Å². The Morgan fingerprint density at radius 2 is 1.92 bits per heavy atom. The molecule has 1 aromatic heterocycles. The largest absolute Gasteiger partial charge is 0.486 e. The molecule has 0 N–H and O–H groups in total. The Hall–Kier alpha value is -1.88. The van der Waals surface area contributed by atoms with Crippen molar-refractivity contribution in [3.05, 3.63) is 45.4 Å². The Labute approximate surface area is 154 Å². The molecule has 1 heterocycles. The molecule has 2 aromatic rings. The number of hydrogen-bond acceptors (Lipinski definition) is 4. The maximum Gasteiger partial charge on any atom is 0.222 e. The molecule has 25 heavy (non-hydrogen) atoms. The fraction of sp³-hybridized carbons (Fsp3) is 0.500. The van der Waals surface area contributed by atoms with Crippen LogP contribution in [0.2, 0.25) is 0 Å². The summed E-state index contributed by atoms with van der Waals surface area (Å²) in [6.45, 7) is 12.1. The predicted octanol–water partition coefficient (Wildman–Crippen LogP) is 4.73. The van der Waals surface area contributed by atoms with Crippen LogP contribution in [0.1, 0.15) is 49.0 Å². The molecule has 4 nitrogen and oxygen atoms in total. The van der Waals surface area contributed by atoms with Crippen molar-refractivity contribution >= 4 is 17.2 Å². The van der Waals surface area contributed by atoms with Crippen LogP contribution in [0.25, 0.3) is 0 Å². The van der Waals surface area contributed by atoms with E-state index in [-0.39, 0.29) is 5.91 Å². The minimum atomic E-state index is 0.176. The maximum absolute atomic E-state index is 12.1. The molecule has 0 fully saturated rings. The van der Waals surface area contributed by atoms with E-state index < -0.39 is 0 Å². The standard InChI is InChI=1S/C20H28N2O2S/c1-6-20(23)22(10-14(2)3)11-17-13-25-19(21-17)12-24-18-8-15(4)7-16(5)9-18/h7-9,13-14H,6,10-12H2,1-5H3. The van der Waals surface area contributed by atoms with Crippen LogP contribution < -0.4 is 4.74 Å². The van der Waals surface area contributed by atoms with Gasteiger partial charge in [-0.1, -0.05) is 26.8 Å². The zero-order valence-corrected chi connectivity index (χ0v) is 16.7. The lowest BCUT2D eigenvalue weighted by Crippen LogP contribution is -2.33. The van der Waals surface area contributed by atoms with E-state index in [9.17, 15) is 4.79 Å². The molecule has 0 saturated heterocycles. The molecule has 0 aliphatic carbocycles. The highest BCUT2D eigenvalue weighted by molar-refractivity contribution is 7.09. The van der Waals surface area contributed by atoms with Crippen LogP contribution in [0.5, 0.6) is 5.75 Å². The number of hydrogen-bond donors (Lipinski definition) is 0. The first-order valence-electron chi connectivity index (χ1n) is 8.79. The third kappa shape index (κ3) is 6.16. The summed E-state index contributed by atoms with van der Waals surface area (Å²) in [6.07, 6.45) is 0.527. The lowest BCUT2D eigenvalue weighted by Gasteiger charge is -2.23. The zero-order valence-electron chi connectivity index (χ0n) is 15.8. The van der Waals surface area contributed by atoms with Gasteiger partial charge in [0.05, 0.1) is 12.2 Å². The second-order valence-corrected chi connectivity index (χ2v) is 7.81. The molecule has 0 aliphatic heterocycles. The van der Waals surface area contributed by atoms with Crippen molar-refractivity contribution < 1.29 is 9.53 Å². The van der Waals surface area contributed by atoms with E-state index in [2.05, 4.69) is 38.7 Å². The molecule has 0 atom stereocenters. The van der Waals surface area contributed by atoms with Crippen molar-refractivity contribution in [3.8, 4) is 5.75 Å². The van der Waals surface area contributed by atoms with Crippen molar-refractivity contribution in [2.24, 2.45) is 5.92 Å². The van der Waals surface area contributed by atoms with Gasteiger partial charge in [0, 0.05) is 18.3 Å². The van der Waals surface area contributed by atoms with Gasteiger partial charge in [0.1, 0.15) is 17.4 Å². The van der Waals surface area contributed by atoms with E-state index >= 15 is 0 Å². The summed E-state index contributed by atoms with van der Waals surface area (Å²) in [5, 5.41) is 2.96. The van der Waals surface area contributed by atoms with Gasteiger partial charge in [-0.3, -0.25) is 4.79 Å². The number of nitrogens with zero attached hydrogens (tertiary/aromatic N) is 2. The number of thiazole rings is 1. The first-order valence-corrected chi connectivity index (χ1v) is 9.67. The second-order valence-electron chi connectivity index (χ2n) is 6.87. The molecule has 0 spiro atoms. The number of carbonyl (C=O) groups excluding carboxylic acids is 1. The Balaban J connectivity index is 1.97. The molecule has 0 unspecified atom stereocenters. The number of ether oxygens (including phenoxy) is 1. The summed E-state index contributed by atoms with van der Waals surface area (Å²) in [5.41, 5.74) is 3.32. The lowest BCUT2D eigenvalue weighted by molar-refractivity contribution is -0.132. The smallest absolute Gasteiger partial charge is 0.222 e.